The van der Waals surface area contributed by atoms with Crippen LogP contribution in [-0.4, -0.2) is 55.0 Å². The van der Waals surface area contributed by atoms with Crippen molar-refractivity contribution in [1.29, 1.82) is 0 Å². The lowest BCUT2D eigenvalue weighted by molar-refractivity contribution is 0.137. The van der Waals surface area contributed by atoms with Crippen LogP contribution in [0.2, 0.25) is 0 Å². The van der Waals surface area contributed by atoms with Gasteiger partial charge in [0.25, 0.3) is 0 Å². The van der Waals surface area contributed by atoms with Gasteiger partial charge < -0.3 is 15.8 Å². The Labute approximate surface area is 173 Å². The van der Waals surface area contributed by atoms with Gasteiger partial charge in [-0.25, -0.2) is 15.4 Å². The zero-order valence-corrected chi connectivity index (χ0v) is 17.6. The minimum Gasteiger partial charge on any atom is -0.395 e. The number of aliphatic hydroxyl groups is 1. The number of hydrogen-bond donors (Lipinski definition) is 4. The quantitative estimate of drug-likeness (QED) is 0.443. The molecule has 0 aromatic carbocycles. The molecule has 0 fully saturated rings. The summed E-state index contributed by atoms with van der Waals surface area (Å²) < 4.78 is 6.61. The molecule has 3 aromatic rings. The summed E-state index contributed by atoms with van der Waals surface area (Å²) >= 11 is 1.40. The van der Waals surface area contributed by atoms with Crippen LogP contribution < -0.4 is 16.2 Å². The monoisotopic (exact) mass is 414 g/mol. The third-order valence-electron chi connectivity index (χ3n) is 5.09. The first-order valence-electron chi connectivity index (χ1n) is 9.65. The molecule has 0 amide bonds. The molecule has 0 spiro atoms. The lowest BCUT2D eigenvalue weighted by Gasteiger charge is -2.24. The average molecular weight is 415 g/mol. The van der Waals surface area contributed by atoms with E-state index in [0.29, 0.717) is 12.4 Å². The van der Waals surface area contributed by atoms with Gasteiger partial charge in [-0.1, -0.05) is 6.92 Å². The molecule has 1 aliphatic rings. The van der Waals surface area contributed by atoms with Crippen LogP contribution in [0.4, 0.5) is 10.8 Å². The van der Waals surface area contributed by atoms with Crippen LogP contribution in [0.25, 0.3) is 11.2 Å². The Kier molecular flexibility index (Phi) is 5.76. The van der Waals surface area contributed by atoms with Gasteiger partial charge in [-0.3, -0.25) is 9.30 Å². The second-order valence-corrected chi connectivity index (χ2v) is 8.01. The average Bonchev–Trinajstić information content (AvgIpc) is 3.43. The molecule has 4 rings (SSSR count). The van der Waals surface area contributed by atoms with Crippen molar-refractivity contribution < 1.29 is 5.11 Å². The summed E-state index contributed by atoms with van der Waals surface area (Å²) in [6, 6.07) is 2.17. The van der Waals surface area contributed by atoms with Crippen LogP contribution >= 0.6 is 11.5 Å². The van der Waals surface area contributed by atoms with E-state index in [9.17, 15) is 5.11 Å². The third-order valence-corrected chi connectivity index (χ3v) is 5.83. The van der Waals surface area contributed by atoms with Crippen molar-refractivity contribution >= 4 is 33.6 Å². The molecule has 9 nitrogen and oxygen atoms in total. The summed E-state index contributed by atoms with van der Waals surface area (Å²) in [4.78, 5) is 11.4. The van der Waals surface area contributed by atoms with E-state index < -0.39 is 0 Å². The number of aliphatic hydroxyl groups excluding tert-OH is 1. The van der Waals surface area contributed by atoms with E-state index in [2.05, 4.69) is 46.7 Å². The lowest BCUT2D eigenvalue weighted by Crippen LogP contribution is -2.33. The van der Waals surface area contributed by atoms with Crippen molar-refractivity contribution in [2.75, 3.05) is 25.5 Å². The zero-order chi connectivity index (χ0) is 20.4. The normalized spacial score (nSPS) is 15.0. The molecule has 10 heteroatoms. The fraction of sp³-hybridized carbons (Fsp3) is 0.421. The maximum absolute atomic E-state index is 9.48. The third kappa shape index (κ3) is 4.10. The number of likely N-dealkylation sites (N-methyl/N-ethyl adjacent to an activating group) is 1. The lowest BCUT2D eigenvalue weighted by atomic mass is 10.2. The smallest absolute Gasteiger partial charge is 0.180 e. The Morgan fingerprint density at radius 2 is 2.31 bits per heavy atom. The van der Waals surface area contributed by atoms with E-state index in [1.54, 1.807) is 0 Å². The van der Waals surface area contributed by atoms with E-state index in [1.165, 1.54) is 11.5 Å². The first-order chi connectivity index (χ1) is 14.1. The number of hydrogen-bond acceptors (Lipinski definition) is 9. The van der Waals surface area contributed by atoms with Gasteiger partial charge in [0.2, 0.25) is 0 Å². The van der Waals surface area contributed by atoms with Crippen LogP contribution in [0, 0.1) is 6.92 Å². The summed E-state index contributed by atoms with van der Waals surface area (Å²) in [5.41, 5.74) is 10.9. The molecule has 0 saturated carbocycles. The van der Waals surface area contributed by atoms with Crippen LogP contribution in [0.1, 0.15) is 30.4 Å². The fourth-order valence-corrected chi connectivity index (χ4v) is 4.11. The van der Waals surface area contributed by atoms with Gasteiger partial charge >= 0.3 is 0 Å². The highest BCUT2D eigenvalue weighted by molar-refractivity contribution is 7.10. The second kappa shape index (κ2) is 8.46. The Balaban J connectivity index is 1.56. The molecule has 154 valence electrons. The van der Waals surface area contributed by atoms with Crippen molar-refractivity contribution in [2.45, 2.75) is 32.9 Å². The summed E-state index contributed by atoms with van der Waals surface area (Å²) in [5.74, 6) is 0.709. The second-order valence-electron chi connectivity index (χ2n) is 7.20. The van der Waals surface area contributed by atoms with Gasteiger partial charge in [0.1, 0.15) is 5.00 Å². The highest BCUT2D eigenvalue weighted by Gasteiger charge is 2.17. The molecule has 4 heterocycles. The number of nitrogens with one attached hydrogen (secondary N) is 3. The van der Waals surface area contributed by atoms with Crippen molar-refractivity contribution in [1.82, 2.24) is 34.5 Å². The Morgan fingerprint density at radius 1 is 1.45 bits per heavy atom. The maximum Gasteiger partial charge on any atom is 0.180 e. The van der Waals surface area contributed by atoms with Gasteiger partial charge in [0, 0.05) is 37.1 Å². The highest BCUT2D eigenvalue weighted by atomic mass is 32.1. The maximum atomic E-state index is 9.48. The van der Waals surface area contributed by atoms with E-state index in [-0.39, 0.29) is 12.6 Å². The number of rotatable bonds is 8. The van der Waals surface area contributed by atoms with Crippen LogP contribution in [0.5, 0.6) is 0 Å². The molecular formula is C19H26N8OS. The largest absolute Gasteiger partial charge is 0.395 e. The van der Waals surface area contributed by atoms with E-state index in [1.807, 2.05) is 38.6 Å². The van der Waals surface area contributed by atoms with Gasteiger partial charge in [-0.15, -0.1) is 0 Å². The SMILES string of the molecule is CCC(CO)N(C)Cc1cc(Nc2nc(C)cn3c(C4=CNNC4)cnc23)sn1. The standard InChI is InChI=1S/C19H26N8OS/c1-4-15(11-28)26(3)10-14-5-17(29-25-14)24-18-19-20-8-16(13-6-21-22-7-13)27(19)9-12(2)23-18/h5-6,8-9,15,21-22,28H,4,7,10-11H2,1-3H3,(H,23,24). The van der Waals surface area contributed by atoms with Gasteiger partial charge in [0.05, 0.1) is 29.9 Å². The van der Waals surface area contributed by atoms with Crippen LogP contribution in [-0.2, 0) is 6.54 Å². The Morgan fingerprint density at radius 3 is 3.03 bits per heavy atom. The summed E-state index contributed by atoms with van der Waals surface area (Å²) in [7, 11) is 2.01. The number of hydrazine groups is 1. The number of nitrogens with zero attached hydrogens (tertiary/aromatic N) is 5. The summed E-state index contributed by atoms with van der Waals surface area (Å²) in [6.45, 7) is 5.64. The number of anilines is 2. The number of fused-ring (bicyclic) bond motifs is 1. The van der Waals surface area contributed by atoms with Crippen molar-refractivity contribution in [3.05, 3.63) is 41.7 Å². The number of aromatic nitrogens is 4. The van der Waals surface area contributed by atoms with Crippen molar-refractivity contribution in [2.24, 2.45) is 0 Å². The molecule has 29 heavy (non-hydrogen) atoms. The molecule has 3 aromatic heterocycles. The van der Waals surface area contributed by atoms with Crippen LogP contribution in [0.15, 0.2) is 24.7 Å². The molecule has 1 atom stereocenters. The predicted molar refractivity (Wildman–Crippen MR) is 115 cm³/mol. The fourth-order valence-electron chi connectivity index (χ4n) is 3.46. The highest BCUT2D eigenvalue weighted by Crippen LogP contribution is 2.26. The van der Waals surface area contributed by atoms with Crippen LogP contribution in [0.3, 0.4) is 0 Å². The van der Waals surface area contributed by atoms with Gasteiger partial charge in [-0.05, 0) is 38.0 Å². The molecule has 0 aliphatic carbocycles. The molecule has 4 N–H and O–H groups in total. The summed E-state index contributed by atoms with van der Waals surface area (Å²) in [6.07, 6.45) is 6.72. The van der Waals surface area contributed by atoms with Crippen molar-refractivity contribution in [3.63, 3.8) is 0 Å². The Hall–Kier alpha value is -2.53. The zero-order valence-electron chi connectivity index (χ0n) is 16.8. The molecule has 0 saturated heterocycles. The summed E-state index contributed by atoms with van der Waals surface area (Å²) in [5, 5.41) is 13.8. The topological polar surface area (TPSA) is 103 Å². The van der Waals surface area contributed by atoms with Gasteiger partial charge in [0.15, 0.2) is 11.5 Å². The van der Waals surface area contributed by atoms with E-state index in [0.717, 1.165) is 46.3 Å². The van der Waals surface area contributed by atoms with E-state index in [4.69, 9.17) is 0 Å². The Bertz CT molecular complexity index is 1020. The van der Waals surface area contributed by atoms with E-state index >= 15 is 0 Å². The minimum absolute atomic E-state index is 0.142. The predicted octanol–water partition coefficient (Wildman–Crippen LogP) is 1.89. The molecule has 0 radical (unpaired) electrons. The minimum atomic E-state index is 0.142. The molecule has 0 bridgehead atoms. The first kappa shape index (κ1) is 19.8. The van der Waals surface area contributed by atoms with Gasteiger partial charge in [-0.2, -0.15) is 4.37 Å². The molecule has 1 aliphatic heterocycles. The molecular weight excluding hydrogens is 388 g/mol. The number of aryl methyl sites for hydroxylation is 1. The molecule has 1 unspecified atom stereocenters. The number of imidazole rings is 1. The van der Waals surface area contributed by atoms with Crippen molar-refractivity contribution in [3.8, 4) is 0 Å². The first-order valence-corrected chi connectivity index (χ1v) is 10.4.